The molecule has 3 aliphatic rings. The molecule has 0 saturated carbocycles. The molecule has 0 unspecified atom stereocenters. The van der Waals surface area contributed by atoms with Gasteiger partial charge in [-0.1, -0.05) is 18.2 Å². The van der Waals surface area contributed by atoms with Crippen LogP contribution in [0.15, 0.2) is 29.8 Å². The Labute approximate surface area is 229 Å². The molecule has 1 aromatic carbocycles. The van der Waals surface area contributed by atoms with E-state index in [0.717, 1.165) is 92.7 Å². The molecule has 2 aliphatic heterocycles. The number of morpholine rings is 1. The van der Waals surface area contributed by atoms with E-state index in [1.165, 1.54) is 11.1 Å². The van der Waals surface area contributed by atoms with E-state index >= 15 is 0 Å². The third-order valence-electron chi connectivity index (χ3n) is 8.42. The number of carbonyl (C=O) groups excluding carboxylic acids is 1. The van der Waals surface area contributed by atoms with Gasteiger partial charge in [-0.05, 0) is 38.5 Å². The van der Waals surface area contributed by atoms with E-state index in [4.69, 9.17) is 25.5 Å². The van der Waals surface area contributed by atoms with Gasteiger partial charge < -0.3 is 15.4 Å². The largest absolute Gasteiger partial charge is 0.378 e. The number of nitrogens with zero attached hydrogens (tertiary/aromatic N) is 7. The van der Waals surface area contributed by atoms with Crippen LogP contribution in [0.25, 0.3) is 28.5 Å². The molecular formula is C29H38N8O2. The van der Waals surface area contributed by atoms with Gasteiger partial charge in [0.05, 0.1) is 30.0 Å². The topological polar surface area (TPSA) is 106 Å². The Kier molecular flexibility index (Phi) is 6.86. The van der Waals surface area contributed by atoms with Gasteiger partial charge in [0.2, 0.25) is 5.91 Å². The summed E-state index contributed by atoms with van der Waals surface area (Å²) in [4.78, 5) is 29.3. The number of primary amides is 1. The molecule has 4 heterocycles. The van der Waals surface area contributed by atoms with Crippen LogP contribution in [0.1, 0.15) is 32.0 Å². The molecule has 0 spiro atoms. The standard InChI is InChI=1S/C29H38N8O2/c1-4-37-25(21-7-5-6-8-23(21)33-37)26-31-24-18-20(17-22(24)27(32-26)35-13-15-39-16-14-35)19-34-9-11-36(12-10-34)29(2,3)28(30)38/h5-8,18H,4,9-17,19H2,1-3H3,(H2,30,38). The summed E-state index contributed by atoms with van der Waals surface area (Å²) in [5.74, 6) is 1.48. The summed E-state index contributed by atoms with van der Waals surface area (Å²) in [7, 11) is 0. The molecule has 10 nitrogen and oxygen atoms in total. The van der Waals surface area contributed by atoms with Crippen molar-refractivity contribution >= 4 is 28.7 Å². The summed E-state index contributed by atoms with van der Waals surface area (Å²) in [5.41, 5.74) is 10.5. The van der Waals surface area contributed by atoms with Crippen LogP contribution in [0.2, 0.25) is 0 Å². The first-order valence-electron chi connectivity index (χ1n) is 14.0. The van der Waals surface area contributed by atoms with E-state index in [0.29, 0.717) is 13.2 Å². The average molecular weight is 531 g/mol. The van der Waals surface area contributed by atoms with E-state index in [9.17, 15) is 4.79 Å². The molecule has 39 heavy (non-hydrogen) atoms. The maximum atomic E-state index is 11.9. The lowest BCUT2D eigenvalue weighted by Gasteiger charge is -2.42. The molecule has 6 rings (SSSR count). The molecule has 3 aromatic rings. The monoisotopic (exact) mass is 530 g/mol. The van der Waals surface area contributed by atoms with E-state index in [2.05, 4.69) is 33.8 Å². The fourth-order valence-corrected chi connectivity index (χ4v) is 5.95. The normalized spacial score (nSPS) is 18.9. The van der Waals surface area contributed by atoms with Gasteiger partial charge in [-0.15, -0.1) is 0 Å². The summed E-state index contributed by atoms with van der Waals surface area (Å²) in [5, 5.41) is 5.89. The van der Waals surface area contributed by atoms with Crippen molar-refractivity contribution < 1.29 is 9.53 Å². The lowest BCUT2D eigenvalue weighted by Crippen LogP contribution is -2.59. The van der Waals surface area contributed by atoms with Gasteiger partial charge in [0, 0.05) is 69.7 Å². The summed E-state index contributed by atoms with van der Waals surface area (Å²) in [6, 6.07) is 8.22. The highest BCUT2D eigenvalue weighted by Crippen LogP contribution is 2.36. The number of ether oxygens (including phenoxy) is 1. The zero-order valence-electron chi connectivity index (χ0n) is 23.2. The lowest BCUT2D eigenvalue weighted by molar-refractivity contribution is -0.129. The second-order valence-electron chi connectivity index (χ2n) is 11.2. The summed E-state index contributed by atoms with van der Waals surface area (Å²) < 4.78 is 7.67. The van der Waals surface area contributed by atoms with Crippen LogP contribution in [0.4, 0.5) is 5.82 Å². The zero-order valence-corrected chi connectivity index (χ0v) is 23.2. The van der Waals surface area contributed by atoms with Crippen LogP contribution in [-0.4, -0.2) is 100 Å². The van der Waals surface area contributed by atoms with Gasteiger partial charge in [-0.3, -0.25) is 19.3 Å². The van der Waals surface area contributed by atoms with Crippen molar-refractivity contribution in [1.82, 2.24) is 29.5 Å². The van der Waals surface area contributed by atoms with Crippen molar-refractivity contribution in [3.8, 4) is 11.5 Å². The number of rotatable bonds is 7. The van der Waals surface area contributed by atoms with Gasteiger partial charge in [0.15, 0.2) is 5.82 Å². The molecule has 2 saturated heterocycles. The van der Waals surface area contributed by atoms with E-state index in [1.807, 2.05) is 36.7 Å². The molecule has 1 amide bonds. The van der Waals surface area contributed by atoms with Crippen LogP contribution in [-0.2, 0) is 22.5 Å². The Morgan fingerprint density at radius 2 is 1.79 bits per heavy atom. The first-order chi connectivity index (χ1) is 18.8. The minimum Gasteiger partial charge on any atom is -0.378 e. The predicted molar refractivity (Wildman–Crippen MR) is 152 cm³/mol. The number of nitrogens with two attached hydrogens (primary N) is 1. The van der Waals surface area contributed by atoms with E-state index in [-0.39, 0.29) is 5.91 Å². The Hall–Kier alpha value is -3.34. The Morgan fingerprint density at radius 3 is 2.51 bits per heavy atom. The number of benzene rings is 1. The van der Waals surface area contributed by atoms with Crippen molar-refractivity contribution in [3.05, 3.63) is 41.1 Å². The second-order valence-corrected chi connectivity index (χ2v) is 11.2. The number of anilines is 1. The van der Waals surface area contributed by atoms with Gasteiger partial charge >= 0.3 is 0 Å². The number of carbonyl (C=O) groups is 1. The van der Waals surface area contributed by atoms with Crippen LogP contribution < -0.4 is 10.6 Å². The smallest absolute Gasteiger partial charge is 0.237 e. The number of aromatic nitrogens is 4. The predicted octanol–water partition coefficient (Wildman–Crippen LogP) is 2.17. The van der Waals surface area contributed by atoms with E-state index < -0.39 is 5.54 Å². The van der Waals surface area contributed by atoms with E-state index in [1.54, 1.807) is 0 Å². The van der Waals surface area contributed by atoms with Crippen molar-refractivity contribution in [2.24, 2.45) is 5.73 Å². The number of fused-ring (bicyclic) bond motifs is 2. The number of hydrogen-bond acceptors (Lipinski definition) is 8. The summed E-state index contributed by atoms with van der Waals surface area (Å²) in [6.45, 7) is 14.1. The quantitative estimate of drug-likeness (QED) is 0.496. The molecule has 2 fully saturated rings. The minimum atomic E-state index is -0.622. The molecule has 0 bridgehead atoms. The average Bonchev–Trinajstić information content (AvgIpc) is 3.53. The fraction of sp³-hybridized carbons (Fsp3) is 0.517. The zero-order chi connectivity index (χ0) is 27.1. The second kappa shape index (κ2) is 10.3. The van der Waals surface area contributed by atoms with Crippen LogP contribution in [0.3, 0.4) is 0 Å². The first kappa shape index (κ1) is 25.9. The number of amides is 1. The number of aryl methyl sites for hydroxylation is 1. The van der Waals surface area contributed by atoms with Gasteiger partial charge in [-0.25, -0.2) is 9.97 Å². The Bertz CT molecular complexity index is 1410. The van der Waals surface area contributed by atoms with Gasteiger partial charge in [0.1, 0.15) is 11.5 Å². The lowest BCUT2D eigenvalue weighted by atomic mass is 10.0. The Balaban J connectivity index is 1.30. The fourth-order valence-electron chi connectivity index (χ4n) is 5.95. The van der Waals surface area contributed by atoms with Crippen molar-refractivity contribution in [2.75, 3.05) is 63.9 Å². The molecular weight excluding hydrogens is 492 g/mol. The summed E-state index contributed by atoms with van der Waals surface area (Å²) >= 11 is 0. The highest BCUT2D eigenvalue weighted by Gasteiger charge is 2.35. The molecule has 2 aromatic heterocycles. The maximum Gasteiger partial charge on any atom is 0.237 e. The van der Waals surface area contributed by atoms with Gasteiger partial charge in [-0.2, -0.15) is 5.10 Å². The highest BCUT2D eigenvalue weighted by molar-refractivity contribution is 5.92. The molecule has 10 heteroatoms. The van der Waals surface area contributed by atoms with Crippen LogP contribution in [0, 0.1) is 0 Å². The first-order valence-corrected chi connectivity index (χ1v) is 14.0. The number of hydrogen-bond donors (Lipinski definition) is 1. The SMILES string of the molecule is CCn1nc2ccccc2c1-c1nc2c(c(N3CCOCC3)n1)CC(CN1CCN(C(C)(C)C(N)=O)CC1)=C2. The molecule has 2 N–H and O–H groups in total. The maximum absolute atomic E-state index is 11.9. The third-order valence-corrected chi connectivity index (χ3v) is 8.42. The number of piperazine rings is 1. The summed E-state index contributed by atoms with van der Waals surface area (Å²) in [6.07, 6.45) is 3.11. The molecule has 0 radical (unpaired) electrons. The van der Waals surface area contributed by atoms with Crippen molar-refractivity contribution in [2.45, 2.75) is 39.3 Å². The van der Waals surface area contributed by atoms with Crippen molar-refractivity contribution in [3.63, 3.8) is 0 Å². The third kappa shape index (κ3) is 4.81. The van der Waals surface area contributed by atoms with Crippen LogP contribution >= 0.6 is 0 Å². The molecule has 206 valence electrons. The van der Waals surface area contributed by atoms with Gasteiger partial charge in [0.25, 0.3) is 0 Å². The minimum absolute atomic E-state index is 0.271. The highest BCUT2D eigenvalue weighted by atomic mass is 16.5. The van der Waals surface area contributed by atoms with Crippen LogP contribution in [0.5, 0.6) is 0 Å². The molecule has 0 atom stereocenters. The molecule has 1 aliphatic carbocycles. The Morgan fingerprint density at radius 1 is 1.05 bits per heavy atom. The van der Waals surface area contributed by atoms with Crippen molar-refractivity contribution in [1.29, 1.82) is 0 Å².